The summed E-state index contributed by atoms with van der Waals surface area (Å²) in [6, 6.07) is 0. The zero-order chi connectivity index (χ0) is 9.07. The second kappa shape index (κ2) is 3.41. The van der Waals surface area contributed by atoms with Crippen LogP contribution in [-0.2, 0) is 9.53 Å². The van der Waals surface area contributed by atoms with Crippen LogP contribution in [0.5, 0.6) is 0 Å². The van der Waals surface area contributed by atoms with Gasteiger partial charge in [0.05, 0.1) is 0 Å². The van der Waals surface area contributed by atoms with E-state index in [0.717, 1.165) is 0 Å². The first kappa shape index (κ1) is 10.0. The molecular weight excluding hydrogens is 161 g/mol. The largest absolute Gasteiger partial charge is 0.491 e. The molecule has 0 radical (unpaired) electrons. The molecule has 0 aromatic rings. The number of rotatable bonds is 1. The monoisotopic (exact) mass is 168 g/mol. The molecule has 0 rings (SSSR count). The summed E-state index contributed by atoms with van der Waals surface area (Å²) >= 11 is 0. The van der Waals surface area contributed by atoms with E-state index in [1.807, 2.05) is 0 Å². The molecule has 0 fully saturated rings. The maximum atomic E-state index is 11.4. The van der Waals surface area contributed by atoms with E-state index in [0.29, 0.717) is 0 Å². The Hall–Kier alpha value is -1.00. The fourth-order valence-electron chi connectivity index (χ4n) is 0.263. The van der Waals surface area contributed by atoms with Gasteiger partial charge in [-0.3, -0.25) is 0 Å². The summed E-state index contributed by atoms with van der Waals surface area (Å²) in [5.74, 6) is -2.25. The van der Waals surface area contributed by atoms with Crippen molar-refractivity contribution < 1.29 is 22.7 Å². The van der Waals surface area contributed by atoms with Crippen LogP contribution in [0.3, 0.4) is 0 Å². The van der Waals surface area contributed by atoms with Gasteiger partial charge >= 0.3 is 12.1 Å². The number of hydrogen-bond donors (Lipinski definition) is 0. The van der Waals surface area contributed by atoms with E-state index in [4.69, 9.17) is 0 Å². The van der Waals surface area contributed by atoms with Crippen molar-refractivity contribution in [3.05, 3.63) is 11.8 Å². The van der Waals surface area contributed by atoms with Gasteiger partial charge in [0, 0.05) is 0 Å². The highest BCUT2D eigenvalue weighted by molar-refractivity contribution is 5.76. The van der Waals surface area contributed by atoms with E-state index < -0.39 is 12.1 Å². The van der Waals surface area contributed by atoms with Crippen molar-refractivity contribution in [1.82, 2.24) is 0 Å². The zero-order valence-corrected chi connectivity index (χ0v) is 6.03. The predicted molar refractivity (Wildman–Crippen MR) is 31.6 cm³/mol. The Labute approximate surface area is 61.6 Å². The van der Waals surface area contributed by atoms with Crippen LogP contribution < -0.4 is 0 Å². The predicted octanol–water partition coefficient (Wildman–Crippen LogP) is 2.02. The summed E-state index contributed by atoms with van der Waals surface area (Å²) in [7, 11) is 0. The normalized spacial score (nSPS) is 13.0. The molecule has 0 bridgehead atoms. The van der Waals surface area contributed by atoms with Crippen LogP contribution in [0.2, 0.25) is 0 Å². The highest BCUT2D eigenvalue weighted by Gasteiger charge is 2.41. The summed E-state index contributed by atoms with van der Waals surface area (Å²) < 4.78 is 38.2. The lowest BCUT2D eigenvalue weighted by atomic mass is 10.5. The molecule has 0 spiro atoms. The minimum absolute atomic E-state index is 0.0627. The Morgan fingerprint density at radius 2 is 1.91 bits per heavy atom. The number of carbonyl (C=O) groups is 1. The first-order valence-electron chi connectivity index (χ1n) is 2.80. The third kappa shape index (κ3) is 3.64. The summed E-state index contributed by atoms with van der Waals surface area (Å²) in [5, 5.41) is 0. The van der Waals surface area contributed by atoms with Crippen LogP contribution in [0.4, 0.5) is 13.2 Å². The number of ether oxygens (including phenoxy) is 1. The van der Waals surface area contributed by atoms with Crippen LogP contribution in [0, 0.1) is 0 Å². The van der Waals surface area contributed by atoms with Gasteiger partial charge in [-0.25, -0.2) is 4.79 Å². The molecule has 64 valence electrons. The van der Waals surface area contributed by atoms with Crippen molar-refractivity contribution >= 4 is 5.97 Å². The van der Waals surface area contributed by atoms with Crippen LogP contribution in [0.1, 0.15) is 13.8 Å². The zero-order valence-electron chi connectivity index (χ0n) is 6.03. The van der Waals surface area contributed by atoms with Gasteiger partial charge in [-0.05, 0) is 19.9 Å². The Kier molecular flexibility index (Phi) is 3.10. The Bertz CT molecular complexity index is 181. The van der Waals surface area contributed by atoms with Gasteiger partial charge in [0.1, 0.15) is 5.76 Å². The fourth-order valence-corrected chi connectivity index (χ4v) is 0.263. The molecule has 0 aromatic heterocycles. The summed E-state index contributed by atoms with van der Waals surface area (Å²) in [6.07, 6.45) is -3.64. The van der Waals surface area contributed by atoms with E-state index in [9.17, 15) is 18.0 Å². The van der Waals surface area contributed by atoms with Gasteiger partial charge in [-0.15, -0.1) is 0 Å². The molecule has 0 saturated carbocycles. The van der Waals surface area contributed by atoms with Gasteiger partial charge in [-0.2, -0.15) is 13.2 Å². The van der Waals surface area contributed by atoms with E-state index in [1.165, 1.54) is 19.9 Å². The molecule has 11 heavy (non-hydrogen) atoms. The smallest absolute Gasteiger partial charge is 0.425 e. The molecule has 0 saturated heterocycles. The van der Waals surface area contributed by atoms with Crippen molar-refractivity contribution in [2.75, 3.05) is 0 Å². The molecule has 2 nitrogen and oxygen atoms in total. The van der Waals surface area contributed by atoms with Gasteiger partial charge < -0.3 is 4.74 Å². The third-order valence-electron chi connectivity index (χ3n) is 0.892. The van der Waals surface area contributed by atoms with Gasteiger partial charge in [-0.1, -0.05) is 0 Å². The van der Waals surface area contributed by atoms with Crippen LogP contribution in [0.25, 0.3) is 0 Å². The number of alkyl halides is 3. The fraction of sp³-hybridized carbons (Fsp3) is 0.500. The molecule has 0 aliphatic carbocycles. The van der Waals surface area contributed by atoms with Gasteiger partial charge in [0.15, 0.2) is 0 Å². The van der Waals surface area contributed by atoms with Crippen molar-refractivity contribution in [1.29, 1.82) is 0 Å². The SMILES string of the molecule is C/C=C(/C)OC(=O)C(F)(F)F. The van der Waals surface area contributed by atoms with Crippen LogP contribution in [0.15, 0.2) is 11.8 Å². The lowest BCUT2D eigenvalue weighted by Crippen LogP contribution is -2.24. The minimum Gasteiger partial charge on any atom is -0.425 e. The Morgan fingerprint density at radius 1 is 1.45 bits per heavy atom. The maximum absolute atomic E-state index is 11.4. The van der Waals surface area contributed by atoms with E-state index in [1.54, 1.807) is 0 Å². The average Bonchev–Trinajstić information content (AvgIpc) is 1.85. The molecular formula is C6H7F3O2. The maximum Gasteiger partial charge on any atom is 0.491 e. The summed E-state index contributed by atoms with van der Waals surface area (Å²) in [5.41, 5.74) is 0. The summed E-state index contributed by atoms with van der Waals surface area (Å²) in [6.45, 7) is 2.74. The topological polar surface area (TPSA) is 26.3 Å². The van der Waals surface area contributed by atoms with Crippen LogP contribution >= 0.6 is 0 Å². The van der Waals surface area contributed by atoms with E-state index in [-0.39, 0.29) is 5.76 Å². The lowest BCUT2D eigenvalue weighted by Gasteiger charge is -2.05. The molecule has 0 atom stereocenters. The molecule has 0 unspecified atom stereocenters. The molecule has 0 amide bonds. The third-order valence-corrected chi connectivity index (χ3v) is 0.892. The Morgan fingerprint density at radius 3 is 2.18 bits per heavy atom. The second-order valence-corrected chi connectivity index (χ2v) is 1.79. The quantitative estimate of drug-likeness (QED) is 0.442. The first-order valence-corrected chi connectivity index (χ1v) is 2.80. The molecule has 0 heterocycles. The molecule has 0 aliphatic rings. The average molecular weight is 168 g/mol. The number of esters is 1. The van der Waals surface area contributed by atoms with Crippen LogP contribution in [-0.4, -0.2) is 12.1 Å². The Balaban J connectivity index is 4.10. The first-order chi connectivity index (χ1) is 4.88. The van der Waals surface area contributed by atoms with Crippen molar-refractivity contribution in [2.24, 2.45) is 0 Å². The number of hydrogen-bond acceptors (Lipinski definition) is 2. The van der Waals surface area contributed by atoms with E-state index in [2.05, 4.69) is 4.74 Å². The van der Waals surface area contributed by atoms with E-state index >= 15 is 0 Å². The van der Waals surface area contributed by atoms with Crippen molar-refractivity contribution in [3.63, 3.8) is 0 Å². The number of carbonyl (C=O) groups excluding carboxylic acids is 1. The van der Waals surface area contributed by atoms with Crippen molar-refractivity contribution in [3.8, 4) is 0 Å². The number of halogens is 3. The van der Waals surface area contributed by atoms with Crippen molar-refractivity contribution in [2.45, 2.75) is 20.0 Å². The lowest BCUT2D eigenvalue weighted by molar-refractivity contribution is -0.195. The second-order valence-electron chi connectivity index (χ2n) is 1.79. The standard InChI is InChI=1S/C6H7F3O2/c1-3-4(2)11-5(10)6(7,8)9/h3H,1-2H3/b4-3-. The highest BCUT2D eigenvalue weighted by atomic mass is 19.4. The molecule has 0 aromatic carbocycles. The number of allylic oxidation sites excluding steroid dienone is 2. The highest BCUT2D eigenvalue weighted by Crippen LogP contribution is 2.17. The minimum atomic E-state index is -4.91. The summed E-state index contributed by atoms with van der Waals surface area (Å²) in [4.78, 5) is 10.0. The van der Waals surface area contributed by atoms with Gasteiger partial charge in [0.25, 0.3) is 0 Å². The molecule has 5 heteroatoms. The van der Waals surface area contributed by atoms with Gasteiger partial charge in [0.2, 0.25) is 0 Å². The molecule has 0 aliphatic heterocycles. The molecule has 0 N–H and O–H groups in total.